The number of benzene rings is 2. The minimum Gasteiger partial charge on any atom is -0.478 e. The van der Waals surface area contributed by atoms with Gasteiger partial charge in [0.05, 0.1) is 17.3 Å². The highest BCUT2D eigenvalue weighted by molar-refractivity contribution is 5.87. The smallest absolute Gasteiger partial charge is 0.335 e. The van der Waals surface area contributed by atoms with Gasteiger partial charge in [0, 0.05) is 26.7 Å². The number of aryl methyl sites for hydroxylation is 1. The van der Waals surface area contributed by atoms with Crippen molar-refractivity contribution < 1.29 is 59.5 Å². The lowest BCUT2D eigenvalue weighted by molar-refractivity contribution is -0.333. The van der Waals surface area contributed by atoms with Crippen LogP contribution in [0.15, 0.2) is 55.1 Å². The number of hydrogen-bond acceptors (Lipinski definition) is 11. The zero-order valence-corrected chi connectivity index (χ0v) is 31.7. The van der Waals surface area contributed by atoms with Crippen molar-refractivity contribution in [2.75, 3.05) is 20.3 Å². The van der Waals surface area contributed by atoms with Crippen LogP contribution in [0.2, 0.25) is 0 Å². The monoisotopic (exact) mass is 766 g/mol. The molecule has 302 valence electrons. The highest BCUT2D eigenvalue weighted by atomic mass is 16.7. The molecule has 3 aliphatic heterocycles. The summed E-state index contributed by atoms with van der Waals surface area (Å²) >= 11 is 0. The van der Waals surface area contributed by atoms with Gasteiger partial charge >= 0.3 is 5.97 Å². The van der Waals surface area contributed by atoms with Gasteiger partial charge in [-0.25, -0.2) is 4.79 Å². The summed E-state index contributed by atoms with van der Waals surface area (Å²) in [6.07, 6.45) is 1.78. The Balaban J connectivity index is 1.40. The van der Waals surface area contributed by atoms with E-state index in [2.05, 4.69) is 18.6 Å². The highest BCUT2D eigenvalue weighted by Crippen LogP contribution is 2.44. The predicted molar refractivity (Wildman–Crippen MR) is 203 cm³/mol. The maximum absolute atomic E-state index is 12.5. The second-order valence-corrected chi connectivity index (χ2v) is 15.6. The minimum absolute atomic E-state index is 0.00778. The molecule has 2 bridgehead atoms. The van der Waals surface area contributed by atoms with Gasteiger partial charge in [0.15, 0.2) is 5.60 Å². The molecule has 0 radical (unpaired) electrons. The standard InChI is InChI=1S/C43H58O12/c1-3-7-30-15-16-34(25-32(30)8-5-22-52-2)54-41-43(51)27-33(35(45)9-6-23-53-36(10-4-21-44)38(55-41)37(46)39(43)47)18-20-42(50)19-17-29(26-42)24-28-11-13-31(14-12-28)40(48)49/h3,11-16,25,29,33,35-39,41,44-47,50-51H,1,4-5,7-10,17-22,24,26-27H2,2H3,(H,48,49)/t29-,33+,35+,36-,37-,38-,39+,41+,42-,43-/m1/s1. The third kappa shape index (κ3) is 10.9. The number of aliphatic hydroxyl groups is 6. The van der Waals surface area contributed by atoms with Crippen LogP contribution < -0.4 is 4.74 Å². The summed E-state index contributed by atoms with van der Waals surface area (Å²) in [6.45, 7) is 4.29. The summed E-state index contributed by atoms with van der Waals surface area (Å²) in [6, 6.07) is 12.3. The largest absolute Gasteiger partial charge is 0.478 e. The number of carbonyl (C=O) groups is 1. The molecule has 2 aromatic rings. The van der Waals surface area contributed by atoms with E-state index in [9.17, 15) is 40.5 Å². The van der Waals surface area contributed by atoms with Crippen molar-refractivity contribution in [1.29, 1.82) is 0 Å². The quantitative estimate of drug-likeness (QED) is 0.0703. The van der Waals surface area contributed by atoms with Crippen LogP contribution >= 0.6 is 0 Å². The number of methoxy groups -OCH3 is 1. The second-order valence-electron chi connectivity index (χ2n) is 15.6. The van der Waals surface area contributed by atoms with E-state index in [1.807, 2.05) is 18.2 Å². The first-order valence-electron chi connectivity index (χ1n) is 19.5. The topological polar surface area (TPSA) is 196 Å². The van der Waals surface area contributed by atoms with E-state index < -0.39 is 59.9 Å². The molecule has 7 N–H and O–H groups in total. The number of fused-ring (bicyclic) bond motifs is 8. The molecule has 1 aliphatic carbocycles. The first kappa shape index (κ1) is 42.6. The molecule has 4 aliphatic rings. The molecule has 2 aromatic carbocycles. The lowest BCUT2D eigenvalue weighted by Crippen LogP contribution is -2.70. The summed E-state index contributed by atoms with van der Waals surface area (Å²) in [5, 5.41) is 77.9. The Labute approximate surface area is 323 Å². The van der Waals surface area contributed by atoms with Crippen molar-refractivity contribution in [3.63, 3.8) is 0 Å². The molecule has 55 heavy (non-hydrogen) atoms. The molecule has 0 aromatic heterocycles. The Hall–Kier alpha value is -3.51. The van der Waals surface area contributed by atoms with Gasteiger partial charge in [0.1, 0.15) is 36.3 Å². The molecular weight excluding hydrogens is 708 g/mol. The van der Waals surface area contributed by atoms with Gasteiger partial charge in [-0.2, -0.15) is 0 Å². The van der Waals surface area contributed by atoms with Crippen LogP contribution in [0.1, 0.15) is 91.3 Å². The van der Waals surface area contributed by atoms with Gasteiger partial charge in [0.25, 0.3) is 0 Å². The number of carboxylic acids is 1. The second kappa shape index (κ2) is 19.6. The van der Waals surface area contributed by atoms with Crippen LogP contribution in [0.3, 0.4) is 0 Å². The maximum atomic E-state index is 12.5. The fourth-order valence-corrected chi connectivity index (χ4v) is 8.45. The van der Waals surface area contributed by atoms with Gasteiger partial charge in [0.2, 0.25) is 6.29 Å². The molecule has 10 atom stereocenters. The van der Waals surface area contributed by atoms with Gasteiger partial charge in [-0.3, -0.25) is 0 Å². The molecule has 12 nitrogen and oxygen atoms in total. The van der Waals surface area contributed by atoms with Gasteiger partial charge in [-0.05, 0) is 130 Å². The third-order valence-electron chi connectivity index (χ3n) is 11.6. The average Bonchev–Trinajstić information content (AvgIpc) is 3.54. The summed E-state index contributed by atoms with van der Waals surface area (Å²) in [4.78, 5) is 11.3. The van der Waals surface area contributed by atoms with Gasteiger partial charge in [-0.15, -0.1) is 6.58 Å². The van der Waals surface area contributed by atoms with E-state index >= 15 is 0 Å². The Morgan fingerprint density at radius 1 is 1.05 bits per heavy atom. The van der Waals surface area contributed by atoms with E-state index in [-0.39, 0.29) is 43.8 Å². The molecule has 1 saturated carbocycles. The van der Waals surface area contributed by atoms with Crippen LogP contribution in [0.25, 0.3) is 0 Å². The number of aromatic carboxylic acids is 1. The molecule has 2 fully saturated rings. The van der Waals surface area contributed by atoms with Crippen molar-refractivity contribution in [3.8, 4) is 17.8 Å². The van der Waals surface area contributed by atoms with Crippen molar-refractivity contribution in [2.24, 2.45) is 11.8 Å². The van der Waals surface area contributed by atoms with Gasteiger partial charge in [-0.1, -0.05) is 30.2 Å². The molecule has 6 rings (SSSR count). The van der Waals surface area contributed by atoms with E-state index in [0.29, 0.717) is 57.3 Å². The predicted octanol–water partition coefficient (Wildman–Crippen LogP) is 3.69. The molecule has 0 spiro atoms. The first-order valence-corrected chi connectivity index (χ1v) is 19.5. The minimum atomic E-state index is -2.21. The lowest BCUT2D eigenvalue weighted by Gasteiger charge is -2.50. The fourth-order valence-electron chi connectivity index (χ4n) is 8.45. The normalized spacial score (nSPS) is 32.1. The summed E-state index contributed by atoms with van der Waals surface area (Å²) in [7, 11) is 1.64. The number of allylic oxidation sites excluding steroid dienone is 1. The van der Waals surface area contributed by atoms with Crippen LogP contribution in [0.4, 0.5) is 0 Å². The van der Waals surface area contributed by atoms with E-state index in [0.717, 1.165) is 29.5 Å². The Kier molecular flexibility index (Phi) is 15.2. The van der Waals surface area contributed by atoms with E-state index in [1.165, 1.54) is 0 Å². The van der Waals surface area contributed by atoms with Crippen molar-refractivity contribution in [1.82, 2.24) is 0 Å². The highest BCUT2D eigenvalue weighted by Gasteiger charge is 2.59. The lowest BCUT2D eigenvalue weighted by atomic mass is 9.74. The summed E-state index contributed by atoms with van der Waals surface area (Å²) in [5.74, 6) is 1.70. The molecule has 3 heterocycles. The Bertz CT molecular complexity index is 1620. The zero-order chi connectivity index (χ0) is 39.6. The zero-order valence-electron chi connectivity index (χ0n) is 31.7. The van der Waals surface area contributed by atoms with Crippen LogP contribution in [-0.2, 0) is 33.5 Å². The number of carboxylic acid groups (broad SMARTS) is 1. The first-order chi connectivity index (χ1) is 26.4. The summed E-state index contributed by atoms with van der Waals surface area (Å²) in [5.41, 5.74) is -0.00261. The molecule has 12 heteroatoms. The number of rotatable bonds is 17. The van der Waals surface area contributed by atoms with Crippen LogP contribution in [-0.4, -0.2) is 110 Å². The number of ether oxygens (including phenoxy) is 4. The summed E-state index contributed by atoms with van der Waals surface area (Å²) < 4.78 is 23.9. The van der Waals surface area contributed by atoms with E-state index in [1.54, 1.807) is 37.4 Å². The maximum Gasteiger partial charge on any atom is 0.335 e. The Morgan fingerprint density at radius 3 is 2.55 bits per heavy atom. The van der Waals surface area contributed by atoms with Crippen LogP contribution in [0, 0.1) is 23.9 Å². The molecular formula is C43H58O12. The number of aliphatic hydroxyl groups excluding tert-OH is 4. The SMILES string of the molecule is C=CCc1ccc(O[C@H]2O[C@H]3[C@@H](O)[C@H](O)[C@]2(O)C[C@H](CC[C@]2(O)CC[C@H](Cc4ccc(C(=O)O)cc4)C2)[C@@H](O)CC#CO[C@@H]3CCCO)cc1CCCOC. The van der Waals surface area contributed by atoms with Crippen molar-refractivity contribution in [2.45, 2.75) is 131 Å². The average molecular weight is 767 g/mol. The third-order valence-corrected chi connectivity index (χ3v) is 11.6. The Morgan fingerprint density at radius 2 is 1.84 bits per heavy atom. The van der Waals surface area contributed by atoms with Crippen LogP contribution in [0.5, 0.6) is 5.75 Å². The van der Waals surface area contributed by atoms with Crippen molar-refractivity contribution in [3.05, 3.63) is 77.4 Å². The van der Waals surface area contributed by atoms with Crippen molar-refractivity contribution >= 4 is 5.97 Å². The number of hydrogen-bond donors (Lipinski definition) is 7. The molecule has 1 saturated heterocycles. The molecule has 0 unspecified atom stereocenters. The fraction of sp³-hybridized carbons (Fsp3) is 0.605. The van der Waals surface area contributed by atoms with E-state index in [4.69, 9.17) is 18.9 Å². The molecule has 0 amide bonds. The van der Waals surface area contributed by atoms with Gasteiger partial charge < -0.3 is 54.7 Å².